The summed E-state index contributed by atoms with van der Waals surface area (Å²) in [4.78, 5) is 2.85. The molecule has 0 radical (unpaired) electrons. The zero-order valence-electron chi connectivity index (χ0n) is 13.4. The number of rotatable bonds is 7. The fourth-order valence-corrected chi connectivity index (χ4v) is 4.67. The smallest absolute Gasteiger partial charge is 0.0124 e. The van der Waals surface area contributed by atoms with E-state index in [0.717, 1.165) is 18.5 Å². The quantitative estimate of drug-likeness (QED) is 0.756. The van der Waals surface area contributed by atoms with Crippen LogP contribution in [0.15, 0.2) is 0 Å². The maximum absolute atomic E-state index is 3.42. The largest absolute Gasteiger partial charge is 0.319 e. The maximum Gasteiger partial charge on any atom is 0.0124 e. The van der Waals surface area contributed by atoms with Gasteiger partial charge in [-0.3, -0.25) is 4.90 Å². The monoisotopic (exact) mass is 266 g/mol. The van der Waals surface area contributed by atoms with Crippen molar-refractivity contribution in [3.63, 3.8) is 0 Å². The van der Waals surface area contributed by atoms with Crippen molar-refractivity contribution in [1.82, 2.24) is 10.2 Å². The van der Waals surface area contributed by atoms with Gasteiger partial charge in [-0.05, 0) is 57.0 Å². The molecule has 2 heteroatoms. The van der Waals surface area contributed by atoms with E-state index < -0.39 is 0 Å². The average Bonchev–Trinajstić information content (AvgIpc) is 2.99. The zero-order valence-corrected chi connectivity index (χ0v) is 13.4. The van der Waals surface area contributed by atoms with Crippen molar-refractivity contribution in [1.29, 1.82) is 0 Å². The molecule has 2 unspecified atom stereocenters. The van der Waals surface area contributed by atoms with Crippen LogP contribution in [0, 0.1) is 11.3 Å². The molecule has 0 amide bonds. The first-order chi connectivity index (χ1) is 9.18. The van der Waals surface area contributed by atoms with Gasteiger partial charge in [0.1, 0.15) is 0 Å². The lowest BCUT2D eigenvalue weighted by molar-refractivity contribution is 0.113. The van der Waals surface area contributed by atoms with E-state index in [1.165, 1.54) is 64.5 Å². The molecule has 1 saturated carbocycles. The van der Waals surface area contributed by atoms with Crippen LogP contribution in [0.2, 0.25) is 0 Å². The van der Waals surface area contributed by atoms with Gasteiger partial charge in [0.25, 0.3) is 0 Å². The number of nitrogens with zero attached hydrogens (tertiary/aromatic N) is 1. The molecule has 0 aromatic carbocycles. The summed E-state index contributed by atoms with van der Waals surface area (Å²) in [6.07, 6.45) is 11.5. The van der Waals surface area contributed by atoms with Crippen molar-refractivity contribution < 1.29 is 0 Å². The van der Waals surface area contributed by atoms with Crippen molar-refractivity contribution in [3.8, 4) is 0 Å². The van der Waals surface area contributed by atoms with Gasteiger partial charge in [0, 0.05) is 19.1 Å². The van der Waals surface area contributed by atoms with E-state index >= 15 is 0 Å². The number of hydrogen-bond donors (Lipinski definition) is 1. The predicted molar refractivity (Wildman–Crippen MR) is 83.5 cm³/mol. The van der Waals surface area contributed by atoms with E-state index in [-0.39, 0.29) is 0 Å². The SMILES string of the molecule is CCCC(C)(CNC)CN1CCCC1C1CCCC1. The molecule has 2 fully saturated rings. The van der Waals surface area contributed by atoms with E-state index in [2.05, 4.69) is 31.1 Å². The van der Waals surface area contributed by atoms with Gasteiger partial charge in [0.15, 0.2) is 0 Å². The molecular formula is C17H34N2. The lowest BCUT2D eigenvalue weighted by Crippen LogP contribution is -2.45. The summed E-state index contributed by atoms with van der Waals surface area (Å²) in [6, 6.07) is 0.913. The second-order valence-corrected chi connectivity index (χ2v) is 7.32. The molecule has 2 aliphatic rings. The Morgan fingerprint density at radius 3 is 2.53 bits per heavy atom. The van der Waals surface area contributed by atoms with E-state index in [1.807, 2.05) is 0 Å². The number of likely N-dealkylation sites (tertiary alicyclic amines) is 1. The highest BCUT2D eigenvalue weighted by Gasteiger charge is 2.36. The van der Waals surface area contributed by atoms with Crippen molar-refractivity contribution in [2.24, 2.45) is 11.3 Å². The topological polar surface area (TPSA) is 15.3 Å². The molecular weight excluding hydrogens is 232 g/mol. The first-order valence-corrected chi connectivity index (χ1v) is 8.57. The molecule has 2 atom stereocenters. The van der Waals surface area contributed by atoms with Gasteiger partial charge in [-0.25, -0.2) is 0 Å². The van der Waals surface area contributed by atoms with Crippen LogP contribution >= 0.6 is 0 Å². The third-order valence-corrected chi connectivity index (χ3v) is 5.40. The second kappa shape index (κ2) is 7.08. The van der Waals surface area contributed by atoms with E-state index in [9.17, 15) is 0 Å². The number of nitrogens with one attached hydrogen (secondary N) is 1. The minimum atomic E-state index is 0.463. The Bertz CT molecular complexity index is 252. The molecule has 0 aromatic rings. The molecule has 0 aromatic heterocycles. The van der Waals surface area contributed by atoms with Crippen molar-refractivity contribution in [2.75, 3.05) is 26.7 Å². The van der Waals surface area contributed by atoms with Gasteiger partial charge in [0.2, 0.25) is 0 Å². The van der Waals surface area contributed by atoms with E-state index in [4.69, 9.17) is 0 Å². The van der Waals surface area contributed by atoms with Crippen LogP contribution in [-0.2, 0) is 0 Å². The van der Waals surface area contributed by atoms with Crippen LogP contribution in [0.5, 0.6) is 0 Å². The Labute approximate surface area is 120 Å². The molecule has 0 spiro atoms. The standard InChI is InChI=1S/C17H34N2/c1-4-11-17(2,13-18-3)14-19-12-7-10-16(19)15-8-5-6-9-15/h15-16,18H,4-14H2,1-3H3. The molecule has 1 aliphatic carbocycles. The van der Waals surface area contributed by atoms with Crippen LogP contribution in [0.1, 0.15) is 65.2 Å². The van der Waals surface area contributed by atoms with E-state index in [1.54, 1.807) is 0 Å². The summed E-state index contributed by atoms with van der Waals surface area (Å²) in [5.74, 6) is 1.02. The van der Waals surface area contributed by atoms with Crippen LogP contribution in [0.4, 0.5) is 0 Å². The Morgan fingerprint density at radius 2 is 1.89 bits per heavy atom. The summed E-state index contributed by atoms with van der Waals surface area (Å²) in [7, 11) is 2.10. The highest BCUT2D eigenvalue weighted by molar-refractivity contribution is 4.91. The molecule has 2 rings (SSSR count). The van der Waals surface area contributed by atoms with Crippen LogP contribution in [0.25, 0.3) is 0 Å². The Morgan fingerprint density at radius 1 is 1.16 bits per heavy atom. The predicted octanol–water partition coefficient (Wildman–Crippen LogP) is 3.67. The maximum atomic E-state index is 3.42. The van der Waals surface area contributed by atoms with Gasteiger partial charge in [-0.15, -0.1) is 0 Å². The summed E-state index contributed by atoms with van der Waals surface area (Å²) in [5, 5.41) is 3.42. The van der Waals surface area contributed by atoms with Crippen molar-refractivity contribution in [3.05, 3.63) is 0 Å². The van der Waals surface area contributed by atoms with E-state index in [0.29, 0.717) is 5.41 Å². The van der Waals surface area contributed by atoms with Gasteiger partial charge in [0.05, 0.1) is 0 Å². The van der Waals surface area contributed by atoms with Crippen molar-refractivity contribution in [2.45, 2.75) is 71.3 Å². The molecule has 112 valence electrons. The summed E-state index contributed by atoms with van der Waals surface area (Å²) in [6.45, 7) is 8.63. The lowest BCUT2D eigenvalue weighted by Gasteiger charge is -2.38. The third kappa shape index (κ3) is 3.95. The van der Waals surface area contributed by atoms with Crippen LogP contribution in [-0.4, -0.2) is 37.6 Å². The minimum Gasteiger partial charge on any atom is -0.319 e. The molecule has 1 N–H and O–H groups in total. The summed E-state index contributed by atoms with van der Waals surface area (Å²) >= 11 is 0. The number of hydrogen-bond acceptors (Lipinski definition) is 2. The molecule has 1 aliphatic heterocycles. The average molecular weight is 266 g/mol. The first kappa shape index (κ1) is 15.3. The molecule has 2 nitrogen and oxygen atoms in total. The molecule has 1 saturated heterocycles. The fraction of sp³-hybridized carbons (Fsp3) is 1.00. The highest BCUT2D eigenvalue weighted by Crippen LogP contribution is 2.37. The first-order valence-electron chi connectivity index (χ1n) is 8.57. The Kier molecular flexibility index (Phi) is 5.70. The van der Waals surface area contributed by atoms with Crippen LogP contribution in [0.3, 0.4) is 0 Å². The molecule has 19 heavy (non-hydrogen) atoms. The zero-order chi connectivity index (χ0) is 13.7. The Balaban J connectivity index is 1.94. The normalized spacial score (nSPS) is 28.9. The van der Waals surface area contributed by atoms with Crippen LogP contribution < -0.4 is 5.32 Å². The summed E-state index contributed by atoms with van der Waals surface area (Å²) in [5.41, 5.74) is 0.463. The molecule has 0 bridgehead atoms. The van der Waals surface area contributed by atoms with Gasteiger partial charge < -0.3 is 5.32 Å². The van der Waals surface area contributed by atoms with Gasteiger partial charge in [-0.2, -0.15) is 0 Å². The highest BCUT2D eigenvalue weighted by atomic mass is 15.2. The summed E-state index contributed by atoms with van der Waals surface area (Å²) < 4.78 is 0. The third-order valence-electron chi connectivity index (χ3n) is 5.40. The lowest BCUT2D eigenvalue weighted by atomic mass is 9.84. The fourth-order valence-electron chi connectivity index (χ4n) is 4.67. The molecule has 1 heterocycles. The van der Waals surface area contributed by atoms with Gasteiger partial charge in [-0.1, -0.05) is 33.1 Å². The van der Waals surface area contributed by atoms with Crippen molar-refractivity contribution >= 4 is 0 Å². The Hall–Kier alpha value is -0.0800. The second-order valence-electron chi connectivity index (χ2n) is 7.32. The van der Waals surface area contributed by atoms with Gasteiger partial charge >= 0.3 is 0 Å². The minimum absolute atomic E-state index is 0.463.